The summed E-state index contributed by atoms with van der Waals surface area (Å²) < 4.78 is 0. The molecule has 2 N–H and O–H groups in total. The van der Waals surface area contributed by atoms with Crippen LogP contribution >= 0.6 is 0 Å². The van der Waals surface area contributed by atoms with Crippen LogP contribution in [0.5, 0.6) is 0 Å². The van der Waals surface area contributed by atoms with Gasteiger partial charge in [0.1, 0.15) is 0 Å². The highest BCUT2D eigenvalue weighted by molar-refractivity contribution is 6.06. The number of nitrogens with one attached hydrogen (secondary N) is 2. The maximum Gasteiger partial charge on any atom is 0.253 e. The summed E-state index contributed by atoms with van der Waals surface area (Å²) in [5.74, 6) is -0.217. The summed E-state index contributed by atoms with van der Waals surface area (Å²) in [5, 5.41) is 4.67. The molecule has 0 atom stereocenters. The van der Waals surface area contributed by atoms with Gasteiger partial charge in [-0.25, -0.2) is 0 Å². The van der Waals surface area contributed by atoms with E-state index in [9.17, 15) is 9.59 Å². The minimum absolute atomic E-state index is 0.158. The van der Waals surface area contributed by atoms with Crippen LogP contribution in [0.15, 0.2) is 47.3 Å². The molecular weight excluding hydrogens is 362 g/mol. The molecule has 0 unspecified atom stereocenters. The topological polar surface area (TPSA) is 74.8 Å². The molecule has 0 aliphatic carbocycles. The number of hydrogen-bond donors (Lipinski definition) is 2. The Labute approximate surface area is 168 Å². The average Bonchev–Trinajstić information content (AvgIpc) is 2.70. The molecular formula is C24H23N3O2. The third kappa shape index (κ3) is 3.40. The maximum atomic E-state index is 12.9. The predicted molar refractivity (Wildman–Crippen MR) is 116 cm³/mol. The summed E-state index contributed by atoms with van der Waals surface area (Å²) in [6.45, 7) is 8.03. The summed E-state index contributed by atoms with van der Waals surface area (Å²) in [5.41, 5.74) is 6.58. The van der Waals surface area contributed by atoms with E-state index in [1.165, 1.54) is 0 Å². The van der Waals surface area contributed by atoms with Crippen molar-refractivity contribution in [2.45, 2.75) is 34.2 Å². The number of amides is 1. The Morgan fingerprint density at radius 3 is 2.62 bits per heavy atom. The van der Waals surface area contributed by atoms with Gasteiger partial charge in [-0.1, -0.05) is 30.3 Å². The van der Waals surface area contributed by atoms with Crippen molar-refractivity contribution in [3.63, 3.8) is 0 Å². The summed E-state index contributed by atoms with van der Waals surface area (Å²) in [6, 6.07) is 13.5. The summed E-state index contributed by atoms with van der Waals surface area (Å²) >= 11 is 0. The Morgan fingerprint density at radius 1 is 1.03 bits per heavy atom. The fourth-order valence-electron chi connectivity index (χ4n) is 3.68. The third-order valence-corrected chi connectivity index (χ3v) is 5.48. The van der Waals surface area contributed by atoms with Gasteiger partial charge in [-0.15, -0.1) is 0 Å². The van der Waals surface area contributed by atoms with Gasteiger partial charge in [0.05, 0.1) is 16.6 Å². The second-order valence-electron chi connectivity index (χ2n) is 7.56. The first-order valence-electron chi connectivity index (χ1n) is 9.62. The SMILES string of the molecule is Cc1cc(C(=O)NCc2cc3ccc(C)c(C)c3[nH]c2=O)c2cccc(C)c2n1. The zero-order valence-corrected chi connectivity index (χ0v) is 17.0. The number of H-pyrrole nitrogens is 1. The minimum atomic E-state index is -0.217. The standard InChI is InChI=1S/C24H23N3O2/c1-13-8-9-17-11-18(23(28)27-22(17)16(13)4)12-25-24(29)20-10-15(3)26-21-14(2)6-5-7-19(20)21/h5-11H,12H2,1-4H3,(H,25,29)(H,27,28). The fourth-order valence-corrected chi connectivity index (χ4v) is 3.68. The first-order chi connectivity index (χ1) is 13.8. The average molecular weight is 385 g/mol. The Bertz CT molecular complexity index is 1340. The number of benzene rings is 2. The Balaban J connectivity index is 1.67. The second kappa shape index (κ2) is 7.17. The van der Waals surface area contributed by atoms with Crippen molar-refractivity contribution in [3.8, 4) is 0 Å². The summed E-state index contributed by atoms with van der Waals surface area (Å²) in [7, 11) is 0. The molecule has 4 rings (SSSR count). The van der Waals surface area contributed by atoms with Gasteiger partial charge in [0.15, 0.2) is 0 Å². The van der Waals surface area contributed by atoms with Crippen LogP contribution in [0.4, 0.5) is 0 Å². The van der Waals surface area contributed by atoms with E-state index in [2.05, 4.69) is 15.3 Å². The van der Waals surface area contributed by atoms with Gasteiger partial charge in [-0.05, 0) is 61.9 Å². The molecule has 0 spiro atoms. The predicted octanol–water partition coefficient (Wildman–Crippen LogP) is 4.24. The third-order valence-electron chi connectivity index (χ3n) is 5.48. The van der Waals surface area contributed by atoms with Gasteiger partial charge < -0.3 is 10.3 Å². The highest BCUT2D eigenvalue weighted by Crippen LogP contribution is 2.22. The first-order valence-corrected chi connectivity index (χ1v) is 9.62. The molecule has 1 amide bonds. The van der Waals surface area contributed by atoms with E-state index in [1.54, 1.807) is 6.07 Å². The van der Waals surface area contributed by atoms with Crippen LogP contribution in [0, 0.1) is 27.7 Å². The smallest absolute Gasteiger partial charge is 0.253 e. The van der Waals surface area contributed by atoms with Gasteiger partial charge in [0, 0.05) is 23.2 Å². The highest BCUT2D eigenvalue weighted by Gasteiger charge is 2.14. The number of pyridine rings is 2. The number of carbonyl (C=O) groups is 1. The van der Waals surface area contributed by atoms with E-state index in [0.717, 1.165) is 44.2 Å². The van der Waals surface area contributed by atoms with Crippen LogP contribution in [-0.4, -0.2) is 15.9 Å². The maximum absolute atomic E-state index is 12.9. The van der Waals surface area contributed by atoms with Gasteiger partial charge in [-0.3, -0.25) is 14.6 Å². The molecule has 0 aliphatic rings. The monoisotopic (exact) mass is 385 g/mol. The van der Waals surface area contributed by atoms with Crippen LogP contribution < -0.4 is 10.9 Å². The number of para-hydroxylation sites is 1. The summed E-state index contributed by atoms with van der Waals surface area (Å²) in [6.07, 6.45) is 0. The normalized spacial score (nSPS) is 11.2. The molecule has 2 heterocycles. The Hall–Kier alpha value is -3.47. The lowest BCUT2D eigenvalue weighted by Crippen LogP contribution is -2.27. The van der Waals surface area contributed by atoms with Crippen molar-refractivity contribution in [3.05, 3.63) is 86.3 Å². The number of aromatic nitrogens is 2. The molecule has 29 heavy (non-hydrogen) atoms. The van der Waals surface area contributed by atoms with E-state index in [0.29, 0.717) is 11.1 Å². The minimum Gasteiger partial charge on any atom is -0.348 e. The molecule has 5 heteroatoms. The largest absolute Gasteiger partial charge is 0.348 e. The number of rotatable bonds is 3. The van der Waals surface area contributed by atoms with Crippen LogP contribution in [-0.2, 0) is 6.54 Å². The van der Waals surface area contributed by atoms with E-state index in [4.69, 9.17) is 0 Å². The number of aryl methyl sites for hydroxylation is 4. The lowest BCUT2D eigenvalue weighted by Gasteiger charge is -2.11. The van der Waals surface area contributed by atoms with E-state index in [1.807, 2.05) is 64.1 Å². The molecule has 0 aliphatic heterocycles. The van der Waals surface area contributed by atoms with Crippen molar-refractivity contribution in [2.24, 2.45) is 0 Å². The van der Waals surface area contributed by atoms with E-state index >= 15 is 0 Å². The van der Waals surface area contributed by atoms with Crippen LogP contribution in [0.25, 0.3) is 21.8 Å². The molecule has 0 bridgehead atoms. The number of fused-ring (bicyclic) bond motifs is 2. The lowest BCUT2D eigenvalue weighted by molar-refractivity contribution is 0.0952. The van der Waals surface area contributed by atoms with E-state index in [-0.39, 0.29) is 18.0 Å². The highest BCUT2D eigenvalue weighted by atomic mass is 16.1. The van der Waals surface area contributed by atoms with Crippen molar-refractivity contribution >= 4 is 27.7 Å². The molecule has 0 fully saturated rings. The molecule has 2 aromatic carbocycles. The van der Waals surface area contributed by atoms with Crippen LogP contribution in [0.3, 0.4) is 0 Å². The van der Waals surface area contributed by atoms with Crippen molar-refractivity contribution in [1.29, 1.82) is 0 Å². The lowest BCUT2D eigenvalue weighted by atomic mass is 10.0. The molecule has 0 saturated heterocycles. The van der Waals surface area contributed by atoms with Crippen molar-refractivity contribution < 1.29 is 4.79 Å². The Kier molecular flexibility index (Phi) is 4.66. The van der Waals surface area contributed by atoms with E-state index < -0.39 is 0 Å². The molecule has 5 nitrogen and oxygen atoms in total. The fraction of sp³-hybridized carbons (Fsp3) is 0.208. The second-order valence-corrected chi connectivity index (χ2v) is 7.56. The molecule has 0 saturated carbocycles. The number of aromatic amines is 1. The van der Waals surface area contributed by atoms with Crippen LogP contribution in [0.1, 0.15) is 38.3 Å². The van der Waals surface area contributed by atoms with Gasteiger partial charge in [0.2, 0.25) is 0 Å². The quantitative estimate of drug-likeness (QED) is 0.554. The van der Waals surface area contributed by atoms with Crippen molar-refractivity contribution in [2.75, 3.05) is 0 Å². The van der Waals surface area contributed by atoms with Crippen molar-refractivity contribution in [1.82, 2.24) is 15.3 Å². The zero-order valence-electron chi connectivity index (χ0n) is 17.0. The number of carbonyl (C=O) groups excluding carboxylic acids is 1. The Morgan fingerprint density at radius 2 is 1.83 bits per heavy atom. The van der Waals surface area contributed by atoms with Gasteiger partial charge >= 0.3 is 0 Å². The van der Waals surface area contributed by atoms with Gasteiger partial charge in [-0.2, -0.15) is 0 Å². The van der Waals surface area contributed by atoms with Crippen LogP contribution in [0.2, 0.25) is 0 Å². The molecule has 0 radical (unpaired) electrons. The first kappa shape index (κ1) is 18.9. The summed E-state index contributed by atoms with van der Waals surface area (Å²) in [4.78, 5) is 33.0. The molecule has 4 aromatic rings. The van der Waals surface area contributed by atoms with Gasteiger partial charge in [0.25, 0.3) is 11.5 Å². The molecule has 2 aromatic heterocycles. The number of nitrogens with zero attached hydrogens (tertiary/aromatic N) is 1. The zero-order chi connectivity index (χ0) is 20.7. The molecule has 146 valence electrons. The number of hydrogen-bond acceptors (Lipinski definition) is 3.